The summed E-state index contributed by atoms with van der Waals surface area (Å²) in [7, 11) is 0. The largest absolute Gasteiger partial charge is 0.356 e. The minimum Gasteiger partial charge on any atom is -0.356 e. The highest BCUT2D eigenvalue weighted by atomic mass is 15.3. The van der Waals surface area contributed by atoms with Crippen LogP contribution in [-0.2, 0) is 0 Å². The standard InChI is InChI=1S/C14H24N6/c1-4-7-9-20(6-3)13-11-10-16-19-12(11)17-14(18-13)15-8-5-2/h10H,4-9H2,1-3H3,(H2,15,16,17,18,19). The molecule has 110 valence electrons. The van der Waals surface area contributed by atoms with E-state index >= 15 is 0 Å². The van der Waals surface area contributed by atoms with Gasteiger partial charge in [-0.15, -0.1) is 0 Å². The molecule has 0 amide bonds. The highest BCUT2D eigenvalue weighted by Gasteiger charge is 2.14. The molecule has 2 heterocycles. The molecule has 20 heavy (non-hydrogen) atoms. The van der Waals surface area contributed by atoms with Crippen molar-refractivity contribution in [2.24, 2.45) is 0 Å². The first-order valence-electron chi connectivity index (χ1n) is 7.50. The van der Waals surface area contributed by atoms with Crippen molar-refractivity contribution in [3.8, 4) is 0 Å². The van der Waals surface area contributed by atoms with Crippen molar-refractivity contribution >= 4 is 22.8 Å². The molecule has 2 rings (SSSR count). The van der Waals surface area contributed by atoms with E-state index in [9.17, 15) is 0 Å². The first-order valence-corrected chi connectivity index (χ1v) is 7.50. The third kappa shape index (κ3) is 3.18. The zero-order chi connectivity index (χ0) is 14.4. The highest BCUT2D eigenvalue weighted by molar-refractivity contribution is 5.87. The number of unbranched alkanes of at least 4 members (excludes halogenated alkanes) is 1. The SMILES string of the molecule is CCCCN(CC)c1nc(NCCC)nc2[nH]ncc12. The van der Waals surface area contributed by atoms with Gasteiger partial charge in [-0.05, 0) is 19.8 Å². The van der Waals surface area contributed by atoms with E-state index in [-0.39, 0.29) is 0 Å². The van der Waals surface area contributed by atoms with Crippen LogP contribution in [-0.4, -0.2) is 39.8 Å². The molecule has 0 atom stereocenters. The maximum absolute atomic E-state index is 4.68. The summed E-state index contributed by atoms with van der Waals surface area (Å²) >= 11 is 0. The molecule has 2 aromatic rings. The van der Waals surface area contributed by atoms with Crippen LogP contribution in [0.2, 0.25) is 0 Å². The van der Waals surface area contributed by atoms with Gasteiger partial charge in [0, 0.05) is 19.6 Å². The van der Waals surface area contributed by atoms with Crippen LogP contribution in [0, 0.1) is 0 Å². The molecule has 0 fully saturated rings. The molecule has 0 saturated carbocycles. The van der Waals surface area contributed by atoms with Crippen molar-refractivity contribution in [2.45, 2.75) is 40.0 Å². The average molecular weight is 276 g/mol. The fourth-order valence-electron chi connectivity index (χ4n) is 2.14. The number of fused-ring (bicyclic) bond motifs is 1. The Labute approximate surface area is 120 Å². The Balaban J connectivity index is 2.34. The van der Waals surface area contributed by atoms with Crippen LogP contribution in [0.4, 0.5) is 11.8 Å². The van der Waals surface area contributed by atoms with Gasteiger partial charge in [0.15, 0.2) is 5.65 Å². The van der Waals surface area contributed by atoms with E-state index in [2.05, 4.69) is 51.2 Å². The summed E-state index contributed by atoms with van der Waals surface area (Å²) in [6, 6.07) is 0. The Morgan fingerprint density at radius 1 is 1.20 bits per heavy atom. The fourth-order valence-corrected chi connectivity index (χ4v) is 2.14. The van der Waals surface area contributed by atoms with E-state index in [0.29, 0.717) is 5.95 Å². The van der Waals surface area contributed by atoms with Gasteiger partial charge in [-0.25, -0.2) is 0 Å². The minimum absolute atomic E-state index is 0.675. The number of hydrogen-bond donors (Lipinski definition) is 2. The molecular formula is C14H24N6. The summed E-state index contributed by atoms with van der Waals surface area (Å²) in [5.74, 6) is 1.65. The lowest BCUT2D eigenvalue weighted by atomic mass is 10.3. The summed E-state index contributed by atoms with van der Waals surface area (Å²) in [5.41, 5.74) is 0.795. The lowest BCUT2D eigenvalue weighted by Gasteiger charge is -2.22. The van der Waals surface area contributed by atoms with Gasteiger partial charge in [0.2, 0.25) is 5.95 Å². The van der Waals surface area contributed by atoms with Gasteiger partial charge in [0.05, 0.1) is 11.6 Å². The van der Waals surface area contributed by atoms with E-state index in [1.54, 1.807) is 0 Å². The highest BCUT2D eigenvalue weighted by Crippen LogP contribution is 2.24. The zero-order valence-electron chi connectivity index (χ0n) is 12.6. The van der Waals surface area contributed by atoms with Gasteiger partial charge >= 0.3 is 0 Å². The molecule has 6 heteroatoms. The second kappa shape index (κ2) is 7.07. The molecule has 0 aliphatic carbocycles. The monoisotopic (exact) mass is 276 g/mol. The lowest BCUT2D eigenvalue weighted by Crippen LogP contribution is -2.25. The van der Waals surface area contributed by atoms with Crippen molar-refractivity contribution in [3.05, 3.63) is 6.20 Å². The lowest BCUT2D eigenvalue weighted by molar-refractivity contribution is 0.726. The van der Waals surface area contributed by atoms with Crippen LogP contribution >= 0.6 is 0 Å². The van der Waals surface area contributed by atoms with Crippen molar-refractivity contribution in [1.82, 2.24) is 20.2 Å². The first kappa shape index (κ1) is 14.6. The Bertz CT molecular complexity index is 535. The van der Waals surface area contributed by atoms with Crippen LogP contribution in [0.5, 0.6) is 0 Å². The second-order valence-electron chi connectivity index (χ2n) is 4.86. The van der Waals surface area contributed by atoms with E-state index in [0.717, 1.165) is 49.3 Å². The maximum Gasteiger partial charge on any atom is 0.226 e. The summed E-state index contributed by atoms with van der Waals surface area (Å²) < 4.78 is 0. The number of nitrogens with zero attached hydrogens (tertiary/aromatic N) is 4. The number of rotatable bonds is 8. The molecule has 0 saturated heterocycles. The number of aromatic amines is 1. The Hall–Kier alpha value is -1.85. The van der Waals surface area contributed by atoms with Crippen molar-refractivity contribution in [3.63, 3.8) is 0 Å². The van der Waals surface area contributed by atoms with Gasteiger partial charge in [-0.2, -0.15) is 15.1 Å². The van der Waals surface area contributed by atoms with Crippen LogP contribution in [0.15, 0.2) is 6.20 Å². The quantitative estimate of drug-likeness (QED) is 0.776. The Kier molecular flexibility index (Phi) is 5.15. The molecule has 0 radical (unpaired) electrons. The van der Waals surface area contributed by atoms with E-state index < -0.39 is 0 Å². The van der Waals surface area contributed by atoms with E-state index in [1.165, 1.54) is 6.42 Å². The van der Waals surface area contributed by atoms with E-state index in [1.807, 2.05) is 6.20 Å². The average Bonchev–Trinajstić information content (AvgIpc) is 2.94. The molecule has 0 aliphatic heterocycles. The summed E-state index contributed by atoms with van der Waals surface area (Å²) in [5, 5.41) is 11.3. The number of nitrogens with one attached hydrogen (secondary N) is 2. The smallest absolute Gasteiger partial charge is 0.226 e. The van der Waals surface area contributed by atoms with Crippen LogP contribution in [0.3, 0.4) is 0 Å². The van der Waals surface area contributed by atoms with Crippen molar-refractivity contribution in [1.29, 1.82) is 0 Å². The third-order valence-corrected chi connectivity index (χ3v) is 3.29. The number of aromatic nitrogens is 4. The predicted molar refractivity (Wildman–Crippen MR) is 83.3 cm³/mol. The Morgan fingerprint density at radius 3 is 2.75 bits per heavy atom. The van der Waals surface area contributed by atoms with Gasteiger partial charge in [-0.3, -0.25) is 5.10 Å². The molecule has 0 aliphatic rings. The maximum atomic E-state index is 4.68. The normalized spacial score (nSPS) is 10.9. The molecule has 0 bridgehead atoms. The molecular weight excluding hydrogens is 252 g/mol. The van der Waals surface area contributed by atoms with Gasteiger partial charge < -0.3 is 10.2 Å². The zero-order valence-corrected chi connectivity index (χ0v) is 12.6. The van der Waals surface area contributed by atoms with Gasteiger partial charge in [0.25, 0.3) is 0 Å². The molecule has 2 aromatic heterocycles. The van der Waals surface area contributed by atoms with Crippen molar-refractivity contribution in [2.75, 3.05) is 29.9 Å². The van der Waals surface area contributed by atoms with Crippen LogP contribution in [0.1, 0.15) is 40.0 Å². The number of H-pyrrole nitrogens is 1. The minimum atomic E-state index is 0.675. The fraction of sp³-hybridized carbons (Fsp3) is 0.643. The third-order valence-electron chi connectivity index (χ3n) is 3.29. The summed E-state index contributed by atoms with van der Waals surface area (Å²) in [4.78, 5) is 11.4. The van der Waals surface area contributed by atoms with E-state index in [4.69, 9.17) is 0 Å². The van der Waals surface area contributed by atoms with Crippen LogP contribution in [0.25, 0.3) is 11.0 Å². The second-order valence-corrected chi connectivity index (χ2v) is 4.86. The van der Waals surface area contributed by atoms with Gasteiger partial charge in [-0.1, -0.05) is 20.3 Å². The topological polar surface area (TPSA) is 69.7 Å². The predicted octanol–water partition coefficient (Wildman–Crippen LogP) is 2.80. The molecule has 6 nitrogen and oxygen atoms in total. The summed E-state index contributed by atoms with van der Waals surface area (Å²) in [6.45, 7) is 9.31. The first-order chi connectivity index (χ1) is 9.80. The Morgan fingerprint density at radius 2 is 2.05 bits per heavy atom. The molecule has 0 unspecified atom stereocenters. The van der Waals surface area contributed by atoms with Crippen molar-refractivity contribution < 1.29 is 0 Å². The molecule has 0 spiro atoms. The van der Waals surface area contributed by atoms with Gasteiger partial charge in [0.1, 0.15) is 5.82 Å². The number of anilines is 2. The molecule has 2 N–H and O–H groups in total. The van der Waals surface area contributed by atoms with Crippen LogP contribution < -0.4 is 10.2 Å². The number of hydrogen-bond acceptors (Lipinski definition) is 5. The summed E-state index contributed by atoms with van der Waals surface area (Å²) in [6.07, 6.45) is 5.20. The molecule has 0 aromatic carbocycles.